The number of nitrogens with one attached hydrogen (secondary N) is 1. The van der Waals surface area contributed by atoms with Crippen LogP contribution in [0, 0.1) is 0 Å². The van der Waals surface area contributed by atoms with Gasteiger partial charge in [-0.2, -0.15) is 0 Å². The van der Waals surface area contributed by atoms with Gasteiger partial charge in [0, 0.05) is 25.4 Å². The number of amides is 1. The molecule has 5 nitrogen and oxygen atoms in total. The van der Waals surface area contributed by atoms with E-state index in [0.717, 1.165) is 18.9 Å². The van der Waals surface area contributed by atoms with E-state index in [1.54, 1.807) is 18.5 Å². The molecule has 2 fully saturated rings. The van der Waals surface area contributed by atoms with Gasteiger partial charge >= 0.3 is 0 Å². The molecule has 1 aromatic rings. The molecule has 3 rings (SSSR count). The summed E-state index contributed by atoms with van der Waals surface area (Å²) in [7, 11) is 0. The third-order valence-electron chi connectivity index (χ3n) is 3.10. The molecule has 0 radical (unpaired) electrons. The summed E-state index contributed by atoms with van der Waals surface area (Å²) in [4.78, 5) is 21.8. The lowest BCUT2D eigenvalue weighted by Crippen LogP contribution is -2.35. The highest BCUT2D eigenvalue weighted by molar-refractivity contribution is 5.81. The van der Waals surface area contributed by atoms with E-state index in [-0.39, 0.29) is 11.9 Å². The maximum atomic E-state index is 11.3. The van der Waals surface area contributed by atoms with Crippen molar-refractivity contribution in [1.29, 1.82) is 0 Å². The Balaban J connectivity index is 1.87. The third kappa shape index (κ3) is 1.35. The standard InChI is InChI=1S/C10H12N4O/c15-9-6-8-7(13-9)2-5-14(8)10-11-3-1-4-12-10/h1,3-4,7-8H,2,5-6H2,(H,13,15)/t7-,8+/m0/s1. The molecule has 0 spiro atoms. The Morgan fingerprint density at radius 2 is 2.20 bits per heavy atom. The molecule has 0 saturated carbocycles. The molecule has 0 bridgehead atoms. The van der Waals surface area contributed by atoms with Crippen molar-refractivity contribution in [2.45, 2.75) is 24.9 Å². The highest BCUT2D eigenvalue weighted by atomic mass is 16.2. The minimum atomic E-state index is 0.144. The van der Waals surface area contributed by atoms with Crippen molar-refractivity contribution >= 4 is 11.9 Å². The smallest absolute Gasteiger partial charge is 0.225 e. The van der Waals surface area contributed by atoms with Crippen LogP contribution in [0.5, 0.6) is 0 Å². The van der Waals surface area contributed by atoms with Gasteiger partial charge in [-0.3, -0.25) is 4.79 Å². The predicted molar refractivity (Wildman–Crippen MR) is 54.3 cm³/mol. The molecular formula is C10H12N4O. The van der Waals surface area contributed by atoms with Gasteiger partial charge in [0.15, 0.2) is 0 Å². The highest BCUT2D eigenvalue weighted by Gasteiger charge is 2.42. The normalized spacial score (nSPS) is 29.1. The van der Waals surface area contributed by atoms with Gasteiger partial charge in [-0.05, 0) is 12.5 Å². The maximum Gasteiger partial charge on any atom is 0.225 e. The number of carbonyl (C=O) groups is 1. The number of hydrogen-bond acceptors (Lipinski definition) is 4. The number of hydrogen-bond donors (Lipinski definition) is 1. The Bertz CT molecular complexity index is 380. The van der Waals surface area contributed by atoms with E-state index >= 15 is 0 Å². The summed E-state index contributed by atoms with van der Waals surface area (Å²) < 4.78 is 0. The zero-order chi connectivity index (χ0) is 10.3. The van der Waals surface area contributed by atoms with E-state index < -0.39 is 0 Å². The van der Waals surface area contributed by atoms with Gasteiger partial charge in [-0.1, -0.05) is 0 Å². The van der Waals surface area contributed by atoms with Crippen LogP contribution < -0.4 is 10.2 Å². The van der Waals surface area contributed by atoms with Crippen molar-refractivity contribution in [1.82, 2.24) is 15.3 Å². The monoisotopic (exact) mass is 204 g/mol. The first-order valence-electron chi connectivity index (χ1n) is 5.17. The van der Waals surface area contributed by atoms with Gasteiger partial charge < -0.3 is 10.2 Å². The Kier molecular flexibility index (Phi) is 1.83. The maximum absolute atomic E-state index is 11.3. The number of carbonyl (C=O) groups excluding carboxylic acids is 1. The molecule has 3 heterocycles. The van der Waals surface area contributed by atoms with Crippen molar-refractivity contribution in [3.05, 3.63) is 18.5 Å². The van der Waals surface area contributed by atoms with Crippen molar-refractivity contribution in [2.75, 3.05) is 11.4 Å². The average Bonchev–Trinajstić information content (AvgIpc) is 2.77. The summed E-state index contributed by atoms with van der Waals surface area (Å²) in [5.41, 5.74) is 0. The fourth-order valence-electron chi connectivity index (χ4n) is 2.42. The summed E-state index contributed by atoms with van der Waals surface area (Å²) in [6.45, 7) is 0.930. The van der Waals surface area contributed by atoms with Crippen molar-refractivity contribution in [3.63, 3.8) is 0 Å². The van der Waals surface area contributed by atoms with Gasteiger partial charge in [-0.15, -0.1) is 0 Å². The molecule has 15 heavy (non-hydrogen) atoms. The van der Waals surface area contributed by atoms with Gasteiger partial charge in [0.25, 0.3) is 0 Å². The van der Waals surface area contributed by atoms with Gasteiger partial charge in [0.05, 0.1) is 12.1 Å². The summed E-state index contributed by atoms with van der Waals surface area (Å²) in [5, 5.41) is 2.98. The van der Waals surface area contributed by atoms with Crippen LogP contribution in [-0.2, 0) is 4.79 Å². The van der Waals surface area contributed by atoms with Crippen molar-refractivity contribution in [2.24, 2.45) is 0 Å². The third-order valence-corrected chi connectivity index (χ3v) is 3.10. The van der Waals surface area contributed by atoms with Crippen LogP contribution in [0.3, 0.4) is 0 Å². The summed E-state index contributed by atoms with van der Waals surface area (Å²) >= 11 is 0. The Morgan fingerprint density at radius 3 is 3.00 bits per heavy atom. The molecule has 1 amide bonds. The molecule has 5 heteroatoms. The first-order chi connectivity index (χ1) is 7.34. The molecule has 2 atom stereocenters. The Hall–Kier alpha value is -1.65. The van der Waals surface area contributed by atoms with Crippen LogP contribution in [0.4, 0.5) is 5.95 Å². The lowest BCUT2D eigenvalue weighted by molar-refractivity contribution is -0.119. The first-order valence-corrected chi connectivity index (χ1v) is 5.17. The molecule has 0 aromatic carbocycles. The SMILES string of the molecule is O=C1C[C@@H]2[C@H](CCN2c2ncccn2)N1. The fraction of sp³-hybridized carbons (Fsp3) is 0.500. The van der Waals surface area contributed by atoms with Crippen LogP contribution in [-0.4, -0.2) is 34.5 Å². The van der Waals surface area contributed by atoms with Crippen LogP contribution in [0.15, 0.2) is 18.5 Å². The first kappa shape index (κ1) is 8.64. The minimum absolute atomic E-state index is 0.144. The van der Waals surface area contributed by atoms with E-state index in [2.05, 4.69) is 20.2 Å². The summed E-state index contributed by atoms with van der Waals surface area (Å²) in [5.74, 6) is 0.882. The van der Waals surface area contributed by atoms with Crippen molar-refractivity contribution < 1.29 is 4.79 Å². The lowest BCUT2D eigenvalue weighted by atomic mass is 10.1. The average molecular weight is 204 g/mol. The zero-order valence-corrected chi connectivity index (χ0v) is 8.26. The lowest BCUT2D eigenvalue weighted by Gasteiger charge is -2.21. The summed E-state index contributed by atoms with van der Waals surface area (Å²) in [6, 6.07) is 2.34. The van der Waals surface area contributed by atoms with E-state index in [4.69, 9.17) is 0 Å². The quantitative estimate of drug-likeness (QED) is 0.696. The van der Waals surface area contributed by atoms with Crippen LogP contribution in [0.25, 0.3) is 0 Å². The summed E-state index contributed by atoms with van der Waals surface area (Å²) in [6.07, 6.45) is 5.04. The van der Waals surface area contributed by atoms with Crippen molar-refractivity contribution in [3.8, 4) is 0 Å². The molecular weight excluding hydrogens is 192 g/mol. The number of rotatable bonds is 1. The predicted octanol–water partition coefficient (Wildman–Crippen LogP) is -0.0562. The number of aromatic nitrogens is 2. The number of anilines is 1. The van der Waals surface area contributed by atoms with Gasteiger partial charge in [0.1, 0.15) is 0 Å². The zero-order valence-electron chi connectivity index (χ0n) is 8.26. The Morgan fingerprint density at radius 1 is 1.40 bits per heavy atom. The molecule has 1 aromatic heterocycles. The fourth-order valence-corrected chi connectivity index (χ4v) is 2.42. The number of nitrogens with zero attached hydrogens (tertiary/aromatic N) is 3. The van der Waals surface area contributed by atoms with Crippen LogP contribution in [0.2, 0.25) is 0 Å². The van der Waals surface area contributed by atoms with E-state index in [9.17, 15) is 4.79 Å². The molecule has 0 unspecified atom stereocenters. The Labute approximate surface area is 87.5 Å². The minimum Gasteiger partial charge on any atom is -0.351 e. The second-order valence-electron chi connectivity index (χ2n) is 3.98. The van der Waals surface area contributed by atoms with Crippen LogP contribution >= 0.6 is 0 Å². The molecule has 2 saturated heterocycles. The van der Waals surface area contributed by atoms with E-state index in [1.807, 2.05) is 0 Å². The van der Waals surface area contributed by atoms with E-state index in [0.29, 0.717) is 12.5 Å². The second-order valence-corrected chi connectivity index (χ2v) is 3.98. The highest BCUT2D eigenvalue weighted by Crippen LogP contribution is 2.28. The van der Waals surface area contributed by atoms with Gasteiger partial charge in [-0.25, -0.2) is 9.97 Å². The molecule has 1 N–H and O–H groups in total. The van der Waals surface area contributed by atoms with E-state index in [1.165, 1.54) is 0 Å². The molecule has 2 aliphatic heterocycles. The molecule has 0 aliphatic carbocycles. The number of fused-ring (bicyclic) bond motifs is 1. The molecule has 2 aliphatic rings. The largest absolute Gasteiger partial charge is 0.351 e. The molecule has 78 valence electrons. The second kappa shape index (κ2) is 3.18. The topological polar surface area (TPSA) is 58.1 Å². The van der Waals surface area contributed by atoms with Crippen LogP contribution in [0.1, 0.15) is 12.8 Å². The van der Waals surface area contributed by atoms with Gasteiger partial charge in [0.2, 0.25) is 11.9 Å².